The molecule has 0 heterocycles. The average Bonchev–Trinajstić information content (AvgIpc) is 3.45. The second kappa shape index (κ2) is 8.45. The molecule has 1 spiro atoms. The number of fused-ring (bicyclic) bond motifs is 1. The van der Waals surface area contributed by atoms with E-state index in [1.807, 2.05) is 19.1 Å². The van der Waals surface area contributed by atoms with Gasteiger partial charge >= 0.3 is 5.97 Å². The summed E-state index contributed by atoms with van der Waals surface area (Å²) in [4.78, 5) is 12.0. The summed E-state index contributed by atoms with van der Waals surface area (Å²) in [5.74, 6) is 0.167. The smallest absolute Gasteiger partial charge is 0.306 e. The van der Waals surface area contributed by atoms with Crippen LogP contribution in [0.15, 0.2) is 42.1 Å². The van der Waals surface area contributed by atoms with Crippen molar-refractivity contribution in [2.75, 3.05) is 12.4 Å². The number of nitrogens with one attached hydrogen (secondary N) is 2. The third kappa shape index (κ3) is 4.04. The molecule has 4 N–H and O–H groups in total. The lowest BCUT2D eigenvalue weighted by atomic mass is 9.87. The molecule has 1 atom stereocenters. The second-order valence-corrected chi connectivity index (χ2v) is 9.41. The first-order valence-corrected chi connectivity index (χ1v) is 11.3. The Morgan fingerprint density at radius 1 is 1.25 bits per heavy atom. The summed E-state index contributed by atoms with van der Waals surface area (Å²) in [5, 5.41) is 11.7. The van der Waals surface area contributed by atoms with E-state index in [1.54, 1.807) is 6.92 Å². The minimum atomic E-state index is -0.118. The van der Waals surface area contributed by atoms with Crippen LogP contribution in [0.5, 0.6) is 0 Å². The average molecular weight is 432 g/mol. The second-order valence-electron chi connectivity index (χ2n) is 9.41. The largest absolute Gasteiger partial charge is 0.469 e. The highest BCUT2D eigenvalue weighted by molar-refractivity contribution is 6.22. The molecule has 2 aliphatic carbocycles. The summed E-state index contributed by atoms with van der Waals surface area (Å²) in [7, 11) is 1.47. The molecule has 1 saturated carbocycles. The van der Waals surface area contributed by atoms with Crippen molar-refractivity contribution in [1.82, 2.24) is 0 Å². The number of hydrogen-bond donors (Lipinski definition) is 3. The molecule has 5 heteroatoms. The fourth-order valence-corrected chi connectivity index (χ4v) is 5.36. The van der Waals surface area contributed by atoms with Gasteiger partial charge in [0.1, 0.15) is 0 Å². The van der Waals surface area contributed by atoms with Crippen LogP contribution in [0.3, 0.4) is 0 Å². The molecular formula is C27H33N3O2. The number of allylic oxidation sites excluding steroid dienone is 2. The molecule has 168 valence electrons. The number of rotatable bonds is 7. The van der Waals surface area contributed by atoms with Crippen molar-refractivity contribution in [2.24, 2.45) is 11.1 Å². The quantitative estimate of drug-likeness (QED) is 0.409. The normalized spacial score (nSPS) is 18.7. The topological polar surface area (TPSA) is 88.2 Å². The van der Waals surface area contributed by atoms with Crippen LogP contribution >= 0.6 is 0 Å². The molecule has 5 nitrogen and oxygen atoms in total. The summed E-state index contributed by atoms with van der Waals surface area (Å²) in [6.07, 6.45) is 3.92. The maximum absolute atomic E-state index is 12.0. The van der Waals surface area contributed by atoms with Crippen LogP contribution < -0.4 is 11.1 Å². The van der Waals surface area contributed by atoms with Gasteiger partial charge in [-0.2, -0.15) is 0 Å². The van der Waals surface area contributed by atoms with E-state index in [0.717, 1.165) is 28.8 Å². The Morgan fingerprint density at radius 2 is 2.00 bits per heavy atom. The third-order valence-electron chi connectivity index (χ3n) is 7.26. The van der Waals surface area contributed by atoms with E-state index >= 15 is 0 Å². The SMILES string of the molecule is COC(=O)CC1c2ccc(NCc3cccc(/C(C(C)=N)=C(\C)N)c3C)cc2CC12CC2. The van der Waals surface area contributed by atoms with Gasteiger partial charge in [0, 0.05) is 35.1 Å². The number of methoxy groups -OCH3 is 1. The van der Waals surface area contributed by atoms with Gasteiger partial charge in [-0.05, 0) is 85.4 Å². The van der Waals surface area contributed by atoms with Crippen LogP contribution in [-0.2, 0) is 22.5 Å². The molecule has 1 fully saturated rings. The van der Waals surface area contributed by atoms with Crippen LogP contribution in [0.25, 0.3) is 5.57 Å². The van der Waals surface area contributed by atoms with Crippen molar-refractivity contribution in [2.45, 2.75) is 58.9 Å². The van der Waals surface area contributed by atoms with Crippen molar-refractivity contribution in [1.29, 1.82) is 5.41 Å². The Kier molecular flexibility index (Phi) is 5.85. The Balaban J connectivity index is 1.53. The number of ether oxygens (including phenoxy) is 1. The van der Waals surface area contributed by atoms with Gasteiger partial charge in [0.25, 0.3) is 0 Å². The number of benzene rings is 2. The molecule has 32 heavy (non-hydrogen) atoms. The van der Waals surface area contributed by atoms with Crippen molar-refractivity contribution in [3.8, 4) is 0 Å². The van der Waals surface area contributed by atoms with Gasteiger partial charge < -0.3 is 21.2 Å². The lowest BCUT2D eigenvalue weighted by Crippen LogP contribution is -2.14. The van der Waals surface area contributed by atoms with Crippen molar-refractivity contribution >= 4 is 22.9 Å². The predicted molar refractivity (Wildman–Crippen MR) is 130 cm³/mol. The first kappa shape index (κ1) is 22.1. The Hall–Kier alpha value is -3.08. The highest BCUT2D eigenvalue weighted by atomic mass is 16.5. The monoisotopic (exact) mass is 431 g/mol. The van der Waals surface area contributed by atoms with Crippen LogP contribution in [-0.4, -0.2) is 18.8 Å². The fraction of sp³-hybridized carbons (Fsp3) is 0.407. The van der Waals surface area contributed by atoms with Crippen molar-refractivity contribution in [3.05, 3.63) is 69.9 Å². The molecule has 0 saturated heterocycles. The Labute approximate surface area is 190 Å². The zero-order valence-electron chi connectivity index (χ0n) is 19.5. The number of carbonyl (C=O) groups is 1. The number of hydrogen-bond acceptors (Lipinski definition) is 5. The van der Waals surface area contributed by atoms with Crippen LogP contribution in [0.1, 0.15) is 66.8 Å². The number of anilines is 1. The highest BCUT2D eigenvalue weighted by Gasteiger charge is 2.54. The van der Waals surface area contributed by atoms with E-state index in [1.165, 1.54) is 36.6 Å². The third-order valence-corrected chi connectivity index (χ3v) is 7.26. The predicted octanol–water partition coefficient (Wildman–Crippen LogP) is 5.32. The molecule has 2 aliphatic rings. The number of carbonyl (C=O) groups excluding carboxylic acids is 1. The summed E-state index contributed by atoms with van der Waals surface area (Å²) in [6, 6.07) is 12.8. The van der Waals surface area contributed by atoms with Gasteiger partial charge in [-0.1, -0.05) is 24.3 Å². The van der Waals surface area contributed by atoms with E-state index < -0.39 is 0 Å². The molecule has 0 amide bonds. The number of esters is 1. The van der Waals surface area contributed by atoms with Crippen LogP contribution in [0, 0.1) is 17.7 Å². The van der Waals surface area contributed by atoms with Crippen LogP contribution in [0.2, 0.25) is 0 Å². The molecule has 2 aromatic rings. The lowest BCUT2D eigenvalue weighted by molar-refractivity contribution is -0.141. The van der Waals surface area contributed by atoms with Crippen molar-refractivity contribution in [3.63, 3.8) is 0 Å². The molecule has 0 radical (unpaired) electrons. The Morgan fingerprint density at radius 3 is 2.62 bits per heavy atom. The van der Waals surface area contributed by atoms with Gasteiger partial charge in [-0.15, -0.1) is 0 Å². The summed E-state index contributed by atoms with van der Waals surface area (Å²) in [5.41, 5.74) is 15.4. The molecule has 4 rings (SSSR count). The van der Waals surface area contributed by atoms with E-state index in [9.17, 15) is 4.79 Å². The minimum Gasteiger partial charge on any atom is -0.469 e. The zero-order valence-corrected chi connectivity index (χ0v) is 19.5. The van der Waals surface area contributed by atoms with E-state index in [2.05, 4.69) is 36.5 Å². The summed E-state index contributed by atoms with van der Waals surface area (Å²) in [6.45, 7) is 6.42. The van der Waals surface area contributed by atoms with Gasteiger partial charge in [0.2, 0.25) is 0 Å². The Bertz CT molecular complexity index is 1110. The lowest BCUT2D eigenvalue weighted by Gasteiger charge is -2.18. The van der Waals surface area contributed by atoms with Crippen LogP contribution in [0.4, 0.5) is 5.69 Å². The van der Waals surface area contributed by atoms with E-state index in [-0.39, 0.29) is 17.3 Å². The molecule has 0 bridgehead atoms. The molecular weight excluding hydrogens is 398 g/mol. The van der Waals surface area contributed by atoms with Gasteiger partial charge in [0.05, 0.1) is 13.5 Å². The maximum Gasteiger partial charge on any atom is 0.306 e. The van der Waals surface area contributed by atoms with Gasteiger partial charge in [0.15, 0.2) is 0 Å². The minimum absolute atomic E-state index is 0.118. The van der Waals surface area contributed by atoms with Gasteiger partial charge in [-0.25, -0.2) is 0 Å². The molecule has 2 aromatic carbocycles. The molecule has 1 unspecified atom stereocenters. The van der Waals surface area contributed by atoms with Gasteiger partial charge in [-0.3, -0.25) is 4.79 Å². The summed E-state index contributed by atoms with van der Waals surface area (Å²) < 4.78 is 4.95. The first-order valence-electron chi connectivity index (χ1n) is 11.3. The first-order chi connectivity index (χ1) is 15.3. The summed E-state index contributed by atoms with van der Waals surface area (Å²) >= 11 is 0. The maximum atomic E-state index is 12.0. The fourth-order valence-electron chi connectivity index (χ4n) is 5.36. The van der Waals surface area contributed by atoms with Crippen molar-refractivity contribution < 1.29 is 9.53 Å². The standard InChI is InChI=1S/C27H33N3O2/c1-16-19(6-5-7-22(16)26(17(2)28)18(3)29)15-30-21-8-9-23-20(12-21)14-27(10-11-27)24(23)13-25(31)32-4/h5-9,12,24,28,30H,10-11,13-15,29H2,1-4H3/b26-18+,28-17?. The zero-order chi connectivity index (χ0) is 23.0. The molecule has 0 aromatic heterocycles. The highest BCUT2D eigenvalue weighted by Crippen LogP contribution is 2.64. The van der Waals surface area contributed by atoms with E-state index in [4.69, 9.17) is 15.9 Å². The number of nitrogens with two attached hydrogens (primary N) is 1. The molecule has 0 aliphatic heterocycles. The van der Waals surface area contributed by atoms with E-state index in [0.29, 0.717) is 24.4 Å².